The number of carbonyl (C=O) groups excluding carboxylic acids is 1. The molecule has 0 saturated carbocycles. The van der Waals surface area contributed by atoms with Gasteiger partial charge >= 0.3 is 0 Å². The molecule has 0 amide bonds. The zero-order valence-electron chi connectivity index (χ0n) is 11.9. The molecule has 0 aromatic rings. The summed E-state index contributed by atoms with van der Waals surface area (Å²) in [7, 11) is 0. The van der Waals surface area contributed by atoms with Crippen LogP contribution in [0.15, 0.2) is 35.5 Å². The Morgan fingerprint density at radius 3 is 2.58 bits per heavy atom. The van der Waals surface area contributed by atoms with Crippen molar-refractivity contribution in [3.8, 4) is 0 Å². The number of ketones is 1. The number of carbonyl (C=O) groups is 1. The largest absolute Gasteiger partial charge is 0.330 e. The fraction of sp³-hybridized carbons (Fsp3) is 0.562. The molecule has 3 atom stereocenters. The van der Waals surface area contributed by atoms with Crippen LogP contribution in [0.25, 0.3) is 0 Å². The fourth-order valence-electron chi connectivity index (χ4n) is 2.83. The van der Waals surface area contributed by atoms with Crippen molar-refractivity contribution >= 4 is 5.78 Å². The standard InChI is InChI=1S/C16H24N2O/c1-11-15(19)14(7-8-16(11,2)10-18)13-5-3-12(9-17)4-6-13/h3,5,7-8,11,14H,4,6,9-10,17-18H2,1-2H3/t11-,14?,16+/m0/s1. The Morgan fingerprint density at radius 1 is 1.32 bits per heavy atom. The van der Waals surface area contributed by atoms with Crippen LogP contribution >= 0.6 is 0 Å². The molecule has 1 unspecified atom stereocenters. The Bertz CT molecular complexity index is 461. The van der Waals surface area contributed by atoms with Gasteiger partial charge in [-0.3, -0.25) is 4.79 Å². The monoisotopic (exact) mass is 260 g/mol. The van der Waals surface area contributed by atoms with Crippen LogP contribution in [0.3, 0.4) is 0 Å². The van der Waals surface area contributed by atoms with Crippen molar-refractivity contribution in [2.24, 2.45) is 28.7 Å². The topological polar surface area (TPSA) is 69.1 Å². The average Bonchev–Trinajstić information content (AvgIpc) is 2.45. The summed E-state index contributed by atoms with van der Waals surface area (Å²) in [4.78, 5) is 12.6. The lowest BCUT2D eigenvalue weighted by atomic mass is 9.66. The fourth-order valence-corrected chi connectivity index (χ4v) is 2.83. The predicted molar refractivity (Wildman–Crippen MR) is 78.4 cm³/mol. The highest BCUT2D eigenvalue weighted by Crippen LogP contribution is 2.39. The van der Waals surface area contributed by atoms with Crippen LogP contribution in [-0.4, -0.2) is 18.9 Å². The normalized spacial score (nSPS) is 35.1. The van der Waals surface area contributed by atoms with E-state index in [0.29, 0.717) is 18.9 Å². The van der Waals surface area contributed by atoms with E-state index in [2.05, 4.69) is 25.2 Å². The number of allylic oxidation sites excluding steroid dienone is 4. The first-order chi connectivity index (χ1) is 9.01. The van der Waals surface area contributed by atoms with E-state index in [4.69, 9.17) is 11.5 Å². The zero-order valence-corrected chi connectivity index (χ0v) is 11.9. The second kappa shape index (κ2) is 5.43. The molecule has 0 radical (unpaired) electrons. The maximum Gasteiger partial charge on any atom is 0.147 e. The molecule has 0 fully saturated rings. The Balaban J connectivity index is 2.24. The second-order valence-corrected chi connectivity index (χ2v) is 5.94. The Labute approximate surface area is 115 Å². The van der Waals surface area contributed by atoms with Crippen LogP contribution in [0.1, 0.15) is 26.7 Å². The van der Waals surface area contributed by atoms with Gasteiger partial charge in [-0.15, -0.1) is 0 Å². The lowest BCUT2D eigenvalue weighted by Gasteiger charge is -2.37. The van der Waals surface area contributed by atoms with Gasteiger partial charge in [-0.2, -0.15) is 0 Å². The molecule has 2 rings (SSSR count). The Hall–Kier alpha value is -1.19. The van der Waals surface area contributed by atoms with Crippen molar-refractivity contribution < 1.29 is 4.79 Å². The van der Waals surface area contributed by atoms with E-state index in [1.165, 1.54) is 11.1 Å². The summed E-state index contributed by atoms with van der Waals surface area (Å²) in [6.07, 6.45) is 10.2. The first-order valence-corrected chi connectivity index (χ1v) is 7.03. The molecule has 3 nitrogen and oxygen atoms in total. The highest BCUT2D eigenvalue weighted by Gasteiger charge is 2.39. The van der Waals surface area contributed by atoms with E-state index >= 15 is 0 Å². The maximum absolute atomic E-state index is 12.6. The van der Waals surface area contributed by atoms with Gasteiger partial charge in [0, 0.05) is 24.4 Å². The van der Waals surface area contributed by atoms with Crippen molar-refractivity contribution in [3.05, 3.63) is 35.5 Å². The molecule has 0 saturated heterocycles. The van der Waals surface area contributed by atoms with Gasteiger partial charge in [0.2, 0.25) is 0 Å². The summed E-state index contributed by atoms with van der Waals surface area (Å²) in [6.45, 7) is 5.18. The van der Waals surface area contributed by atoms with Gasteiger partial charge < -0.3 is 11.5 Å². The number of rotatable bonds is 3. The van der Waals surface area contributed by atoms with Crippen LogP contribution < -0.4 is 11.5 Å². The van der Waals surface area contributed by atoms with Gasteiger partial charge in [-0.1, -0.05) is 49.3 Å². The van der Waals surface area contributed by atoms with Crippen LogP contribution in [0, 0.1) is 17.3 Å². The number of hydrogen-bond acceptors (Lipinski definition) is 3. The van der Waals surface area contributed by atoms with Crippen LogP contribution in [-0.2, 0) is 4.79 Å². The Kier molecular flexibility index (Phi) is 4.07. The van der Waals surface area contributed by atoms with Gasteiger partial charge in [0.15, 0.2) is 0 Å². The second-order valence-electron chi connectivity index (χ2n) is 5.94. The van der Waals surface area contributed by atoms with Crippen LogP contribution in [0.2, 0.25) is 0 Å². The van der Waals surface area contributed by atoms with E-state index in [1.54, 1.807) is 0 Å². The summed E-state index contributed by atoms with van der Waals surface area (Å²) in [6, 6.07) is 0. The molecule has 0 spiro atoms. The number of Topliss-reactive ketones (excluding diaryl/α,β-unsaturated/α-hetero) is 1. The predicted octanol–water partition coefficient (Wildman–Crippen LogP) is 1.95. The molecule has 104 valence electrons. The highest BCUT2D eigenvalue weighted by atomic mass is 16.1. The summed E-state index contributed by atoms with van der Waals surface area (Å²) in [5.74, 6) is 0.213. The molecule has 0 aromatic heterocycles. The summed E-state index contributed by atoms with van der Waals surface area (Å²) < 4.78 is 0. The molecule has 2 aliphatic rings. The van der Waals surface area contributed by atoms with Crippen molar-refractivity contribution in [1.82, 2.24) is 0 Å². The molecule has 2 aliphatic carbocycles. The van der Waals surface area contributed by atoms with Crippen molar-refractivity contribution in [1.29, 1.82) is 0 Å². The minimum absolute atomic E-state index is 0.0201. The van der Waals surface area contributed by atoms with E-state index in [9.17, 15) is 4.79 Å². The first-order valence-electron chi connectivity index (χ1n) is 7.03. The van der Waals surface area contributed by atoms with Crippen molar-refractivity contribution in [3.63, 3.8) is 0 Å². The minimum atomic E-state index is -0.193. The van der Waals surface area contributed by atoms with E-state index in [0.717, 1.165) is 12.8 Å². The summed E-state index contributed by atoms with van der Waals surface area (Å²) in [5.41, 5.74) is 13.7. The number of hydrogen-bond donors (Lipinski definition) is 2. The van der Waals surface area contributed by atoms with E-state index in [-0.39, 0.29) is 17.3 Å². The molecule has 19 heavy (non-hydrogen) atoms. The third-order valence-corrected chi connectivity index (χ3v) is 4.76. The smallest absolute Gasteiger partial charge is 0.147 e. The zero-order chi connectivity index (χ0) is 14.0. The van der Waals surface area contributed by atoms with Crippen LogP contribution in [0.5, 0.6) is 0 Å². The SMILES string of the molecule is C[C@H]1C(=O)C(C2=CC=C(CN)CC2)C=C[C@]1(C)CN. The summed E-state index contributed by atoms with van der Waals surface area (Å²) >= 11 is 0. The van der Waals surface area contributed by atoms with Gasteiger partial charge in [0.25, 0.3) is 0 Å². The highest BCUT2D eigenvalue weighted by molar-refractivity contribution is 5.89. The summed E-state index contributed by atoms with van der Waals surface area (Å²) in [5, 5.41) is 0. The van der Waals surface area contributed by atoms with E-state index in [1.807, 2.05) is 13.0 Å². The molecular weight excluding hydrogens is 236 g/mol. The molecule has 4 N–H and O–H groups in total. The molecule has 0 aliphatic heterocycles. The van der Waals surface area contributed by atoms with Gasteiger partial charge in [0.1, 0.15) is 5.78 Å². The van der Waals surface area contributed by atoms with E-state index < -0.39 is 0 Å². The quantitative estimate of drug-likeness (QED) is 0.762. The van der Waals surface area contributed by atoms with Gasteiger partial charge in [0.05, 0.1) is 5.92 Å². The molecule has 3 heteroatoms. The lowest BCUT2D eigenvalue weighted by molar-refractivity contribution is -0.127. The van der Waals surface area contributed by atoms with Crippen molar-refractivity contribution in [2.45, 2.75) is 26.7 Å². The van der Waals surface area contributed by atoms with Crippen molar-refractivity contribution in [2.75, 3.05) is 13.1 Å². The molecular formula is C16H24N2O. The Morgan fingerprint density at radius 2 is 2.05 bits per heavy atom. The molecule has 0 heterocycles. The van der Waals surface area contributed by atoms with Gasteiger partial charge in [-0.25, -0.2) is 0 Å². The van der Waals surface area contributed by atoms with Crippen LogP contribution in [0.4, 0.5) is 0 Å². The lowest BCUT2D eigenvalue weighted by Crippen LogP contribution is -2.42. The minimum Gasteiger partial charge on any atom is -0.330 e. The molecule has 0 bridgehead atoms. The molecule has 0 aromatic carbocycles. The third-order valence-electron chi connectivity index (χ3n) is 4.76. The average molecular weight is 260 g/mol. The maximum atomic E-state index is 12.6. The number of nitrogens with two attached hydrogens (primary N) is 2. The van der Waals surface area contributed by atoms with Gasteiger partial charge in [-0.05, 0) is 12.8 Å². The third kappa shape index (κ3) is 2.58. The first kappa shape index (κ1) is 14.2.